The molecule has 70 valence electrons. The Kier molecular flexibility index (Phi) is 2.61. The summed E-state index contributed by atoms with van der Waals surface area (Å²) in [6, 6.07) is 1.45. The molecule has 4 heteroatoms. The largest absolute Gasteiger partial charge is 0.508 e. The molecule has 0 radical (unpaired) electrons. The van der Waals surface area contributed by atoms with Gasteiger partial charge in [-0.3, -0.25) is 0 Å². The summed E-state index contributed by atoms with van der Waals surface area (Å²) in [4.78, 5) is 10.8. The summed E-state index contributed by atoms with van der Waals surface area (Å²) in [6.45, 7) is 3.30. The lowest BCUT2D eigenvalue weighted by molar-refractivity contribution is 0.0695. The highest BCUT2D eigenvalue weighted by Gasteiger charge is 2.16. The fourth-order valence-electron chi connectivity index (χ4n) is 1.12. The lowest BCUT2D eigenvalue weighted by Crippen LogP contribution is -2.02. The van der Waals surface area contributed by atoms with Crippen LogP contribution in [0.3, 0.4) is 0 Å². The van der Waals surface area contributed by atoms with Crippen molar-refractivity contribution < 1.29 is 15.0 Å². The van der Waals surface area contributed by atoms with E-state index in [-0.39, 0.29) is 11.3 Å². The summed E-state index contributed by atoms with van der Waals surface area (Å²) in [5.41, 5.74) is 1.29. The number of carbonyl (C=O) groups is 1. The van der Waals surface area contributed by atoms with Gasteiger partial charge in [-0.2, -0.15) is 0 Å². The molecule has 0 atom stereocenters. The van der Waals surface area contributed by atoms with Crippen LogP contribution < -0.4 is 0 Å². The molecule has 0 spiro atoms. The maximum absolute atomic E-state index is 10.8. The highest BCUT2D eigenvalue weighted by molar-refractivity contribution is 9.10. The zero-order valence-corrected chi connectivity index (χ0v) is 8.84. The van der Waals surface area contributed by atoms with Gasteiger partial charge in [-0.1, -0.05) is 0 Å². The summed E-state index contributed by atoms with van der Waals surface area (Å²) < 4.78 is 0.442. The number of rotatable bonds is 1. The molecular weight excluding hydrogens is 236 g/mol. The first-order valence-corrected chi connectivity index (χ1v) is 4.46. The van der Waals surface area contributed by atoms with Gasteiger partial charge >= 0.3 is 5.97 Å². The predicted molar refractivity (Wildman–Crippen MR) is 52.2 cm³/mol. The number of phenolic OH excluding ortho intramolecular Hbond substituents is 1. The molecular formula is C9H9BrO3. The normalized spacial score (nSPS) is 10.1. The van der Waals surface area contributed by atoms with E-state index >= 15 is 0 Å². The molecule has 1 aromatic carbocycles. The lowest BCUT2D eigenvalue weighted by atomic mass is 10.0. The van der Waals surface area contributed by atoms with Crippen LogP contribution in [-0.2, 0) is 0 Å². The molecule has 2 N–H and O–H groups in total. The van der Waals surface area contributed by atoms with Gasteiger partial charge < -0.3 is 10.2 Å². The molecule has 0 saturated carbocycles. The highest BCUT2D eigenvalue weighted by atomic mass is 79.9. The van der Waals surface area contributed by atoms with Crippen LogP contribution in [0.1, 0.15) is 21.5 Å². The molecule has 0 aliphatic heterocycles. The van der Waals surface area contributed by atoms with Crippen LogP contribution in [-0.4, -0.2) is 16.2 Å². The summed E-state index contributed by atoms with van der Waals surface area (Å²) in [6.07, 6.45) is 0. The van der Waals surface area contributed by atoms with E-state index in [1.54, 1.807) is 13.8 Å². The highest BCUT2D eigenvalue weighted by Crippen LogP contribution is 2.31. The second-order valence-corrected chi connectivity index (χ2v) is 3.62. The van der Waals surface area contributed by atoms with Gasteiger partial charge in [0.25, 0.3) is 0 Å². The maximum Gasteiger partial charge on any atom is 0.337 e. The van der Waals surface area contributed by atoms with E-state index in [0.29, 0.717) is 15.6 Å². The van der Waals surface area contributed by atoms with Gasteiger partial charge in [-0.15, -0.1) is 0 Å². The van der Waals surface area contributed by atoms with Gasteiger partial charge in [0.15, 0.2) is 0 Å². The molecule has 0 unspecified atom stereocenters. The van der Waals surface area contributed by atoms with Crippen molar-refractivity contribution >= 4 is 21.9 Å². The average Bonchev–Trinajstić information content (AvgIpc) is 1.99. The third-order valence-electron chi connectivity index (χ3n) is 1.89. The van der Waals surface area contributed by atoms with Crippen molar-refractivity contribution in [3.63, 3.8) is 0 Å². The first kappa shape index (κ1) is 10.1. The molecule has 0 fully saturated rings. The number of benzene rings is 1. The number of carboxylic acid groups (broad SMARTS) is 1. The Balaban J connectivity index is 3.53. The lowest BCUT2D eigenvalue weighted by Gasteiger charge is -2.08. The number of hydrogen-bond donors (Lipinski definition) is 2. The first-order valence-electron chi connectivity index (χ1n) is 3.67. The van der Waals surface area contributed by atoms with Crippen LogP contribution in [0.15, 0.2) is 10.5 Å². The molecule has 3 nitrogen and oxygen atoms in total. The van der Waals surface area contributed by atoms with Crippen molar-refractivity contribution in [2.24, 2.45) is 0 Å². The van der Waals surface area contributed by atoms with Gasteiger partial charge in [0.2, 0.25) is 0 Å². The maximum atomic E-state index is 10.8. The summed E-state index contributed by atoms with van der Waals surface area (Å²) in [5, 5.41) is 18.2. The van der Waals surface area contributed by atoms with Crippen LogP contribution in [0.4, 0.5) is 0 Å². The van der Waals surface area contributed by atoms with Crippen molar-refractivity contribution in [3.05, 3.63) is 27.2 Å². The smallest absolute Gasteiger partial charge is 0.337 e. The third kappa shape index (κ3) is 1.67. The van der Waals surface area contributed by atoms with E-state index in [2.05, 4.69) is 15.9 Å². The zero-order valence-electron chi connectivity index (χ0n) is 7.26. The minimum absolute atomic E-state index is 0.106. The van der Waals surface area contributed by atoms with Crippen molar-refractivity contribution in [2.75, 3.05) is 0 Å². The van der Waals surface area contributed by atoms with Gasteiger partial charge in [0.1, 0.15) is 5.75 Å². The summed E-state index contributed by atoms with van der Waals surface area (Å²) in [7, 11) is 0. The monoisotopic (exact) mass is 244 g/mol. The molecule has 1 aromatic rings. The van der Waals surface area contributed by atoms with Crippen LogP contribution >= 0.6 is 15.9 Å². The molecule has 0 heterocycles. The molecule has 1 rings (SSSR count). The molecule has 0 amide bonds. The second kappa shape index (κ2) is 3.38. The fourth-order valence-corrected chi connectivity index (χ4v) is 1.81. The number of aryl methyl sites for hydroxylation is 1. The van der Waals surface area contributed by atoms with Crippen molar-refractivity contribution in [3.8, 4) is 5.75 Å². The van der Waals surface area contributed by atoms with Gasteiger partial charge in [0.05, 0.1) is 5.56 Å². The van der Waals surface area contributed by atoms with Crippen molar-refractivity contribution in [1.82, 2.24) is 0 Å². The molecule has 0 aromatic heterocycles. The fraction of sp³-hybridized carbons (Fsp3) is 0.222. The number of halogens is 1. The van der Waals surface area contributed by atoms with Crippen LogP contribution in [0.25, 0.3) is 0 Å². The van der Waals surface area contributed by atoms with E-state index in [1.807, 2.05) is 0 Å². The Morgan fingerprint density at radius 1 is 1.46 bits per heavy atom. The van der Waals surface area contributed by atoms with Gasteiger partial charge in [-0.05, 0) is 41.4 Å². The number of carboxylic acids is 1. The Morgan fingerprint density at radius 3 is 2.46 bits per heavy atom. The summed E-state index contributed by atoms with van der Waals surface area (Å²) in [5.74, 6) is -0.887. The second-order valence-electron chi connectivity index (χ2n) is 2.83. The Hall–Kier alpha value is -1.03. The number of aromatic hydroxyl groups is 1. The number of aromatic carboxylic acids is 1. The molecule has 0 aliphatic rings. The molecule has 13 heavy (non-hydrogen) atoms. The summed E-state index contributed by atoms with van der Waals surface area (Å²) >= 11 is 3.14. The molecule has 0 saturated heterocycles. The van der Waals surface area contributed by atoms with Crippen LogP contribution in [0.5, 0.6) is 5.75 Å². The standard InChI is InChI=1S/C9H9BrO3/c1-4-3-6(11)5(2)8(10)7(4)9(12)13/h3,11H,1-2H3,(H,12,13). The number of hydrogen-bond acceptors (Lipinski definition) is 2. The molecule has 0 aliphatic carbocycles. The van der Waals surface area contributed by atoms with Crippen molar-refractivity contribution in [2.45, 2.75) is 13.8 Å². The number of phenols is 1. The Bertz CT molecular complexity index is 372. The predicted octanol–water partition coefficient (Wildman–Crippen LogP) is 2.47. The van der Waals surface area contributed by atoms with E-state index < -0.39 is 5.97 Å². The minimum Gasteiger partial charge on any atom is -0.508 e. The topological polar surface area (TPSA) is 57.5 Å². The SMILES string of the molecule is Cc1cc(O)c(C)c(Br)c1C(=O)O. The van der Waals surface area contributed by atoms with E-state index in [4.69, 9.17) is 5.11 Å². The Labute approximate surface area is 84.1 Å². The zero-order chi connectivity index (χ0) is 10.2. The van der Waals surface area contributed by atoms with Crippen LogP contribution in [0, 0.1) is 13.8 Å². The first-order chi connectivity index (χ1) is 5.95. The average molecular weight is 245 g/mol. The Morgan fingerprint density at radius 2 is 2.00 bits per heavy atom. The van der Waals surface area contributed by atoms with Gasteiger partial charge in [-0.25, -0.2) is 4.79 Å². The van der Waals surface area contributed by atoms with Crippen molar-refractivity contribution in [1.29, 1.82) is 0 Å². The molecule has 0 bridgehead atoms. The van der Waals surface area contributed by atoms with E-state index in [1.165, 1.54) is 6.07 Å². The third-order valence-corrected chi connectivity index (χ3v) is 2.89. The quantitative estimate of drug-likeness (QED) is 0.798. The van der Waals surface area contributed by atoms with Crippen LogP contribution in [0.2, 0.25) is 0 Å². The minimum atomic E-state index is -0.993. The van der Waals surface area contributed by atoms with E-state index in [9.17, 15) is 9.90 Å². The van der Waals surface area contributed by atoms with Gasteiger partial charge in [0, 0.05) is 10.0 Å². The van der Waals surface area contributed by atoms with E-state index in [0.717, 1.165) is 0 Å².